The molecule has 0 bridgehead atoms. The smallest absolute Gasteiger partial charge is 0.269 e. The molecule has 1 atom stereocenters. The van der Waals surface area contributed by atoms with Crippen molar-refractivity contribution in [1.29, 1.82) is 0 Å². The second-order valence-corrected chi connectivity index (χ2v) is 10.8. The molecule has 3 amide bonds. The lowest BCUT2D eigenvalue weighted by Gasteiger charge is -2.31. The van der Waals surface area contributed by atoms with E-state index < -0.39 is 22.0 Å². The van der Waals surface area contributed by atoms with Gasteiger partial charge in [0, 0.05) is 26.1 Å². The number of hydrogen-bond donors (Lipinski definition) is 1. The van der Waals surface area contributed by atoms with Crippen molar-refractivity contribution >= 4 is 27.7 Å². The first-order chi connectivity index (χ1) is 16.7. The van der Waals surface area contributed by atoms with Crippen LogP contribution >= 0.6 is 0 Å². The van der Waals surface area contributed by atoms with Crippen LogP contribution in [0.1, 0.15) is 49.5 Å². The summed E-state index contributed by atoms with van der Waals surface area (Å²) in [6.07, 6.45) is 0.755. The molecule has 0 unspecified atom stereocenters. The van der Waals surface area contributed by atoms with Crippen molar-refractivity contribution in [2.75, 3.05) is 19.6 Å². The monoisotopic (exact) mass is 499 g/mol. The van der Waals surface area contributed by atoms with E-state index in [1.807, 2.05) is 51.1 Å². The highest BCUT2D eigenvalue weighted by Gasteiger charge is 2.41. The number of rotatable bonds is 11. The van der Waals surface area contributed by atoms with E-state index in [1.54, 1.807) is 12.1 Å². The predicted molar refractivity (Wildman–Crippen MR) is 133 cm³/mol. The van der Waals surface area contributed by atoms with E-state index in [-0.39, 0.29) is 41.2 Å². The zero-order valence-electron chi connectivity index (χ0n) is 20.4. The van der Waals surface area contributed by atoms with Crippen molar-refractivity contribution < 1.29 is 22.8 Å². The van der Waals surface area contributed by atoms with Gasteiger partial charge in [0.1, 0.15) is 10.9 Å². The van der Waals surface area contributed by atoms with E-state index >= 15 is 0 Å². The van der Waals surface area contributed by atoms with Gasteiger partial charge < -0.3 is 10.2 Å². The van der Waals surface area contributed by atoms with Gasteiger partial charge in [-0.2, -0.15) is 0 Å². The molecule has 0 fully saturated rings. The molecule has 1 N–H and O–H groups in total. The van der Waals surface area contributed by atoms with E-state index in [2.05, 4.69) is 5.32 Å². The lowest BCUT2D eigenvalue weighted by Crippen LogP contribution is -2.51. The SMILES string of the molecule is CC[C@@H](C(=O)NCC(C)C)N(CCc1ccccc1)C(=O)CCN1C(=O)c2ccccc2S1(=O)=O. The Morgan fingerprint density at radius 2 is 1.69 bits per heavy atom. The first-order valence-corrected chi connectivity index (χ1v) is 13.4. The second kappa shape index (κ2) is 11.5. The van der Waals surface area contributed by atoms with Gasteiger partial charge in [0.15, 0.2) is 0 Å². The third-order valence-electron chi connectivity index (χ3n) is 6.00. The third-order valence-corrected chi connectivity index (χ3v) is 7.84. The molecule has 0 saturated heterocycles. The van der Waals surface area contributed by atoms with E-state index in [1.165, 1.54) is 17.0 Å². The summed E-state index contributed by atoms with van der Waals surface area (Å²) in [5, 5.41) is 2.90. The first kappa shape index (κ1) is 26.4. The number of fused-ring (bicyclic) bond motifs is 1. The molecule has 1 aliphatic heterocycles. The Morgan fingerprint density at radius 1 is 1.03 bits per heavy atom. The van der Waals surface area contributed by atoms with Crippen LogP contribution in [-0.4, -0.2) is 61.0 Å². The van der Waals surface area contributed by atoms with Crippen LogP contribution in [0.2, 0.25) is 0 Å². The van der Waals surface area contributed by atoms with Gasteiger partial charge in [-0.1, -0.05) is 63.2 Å². The van der Waals surface area contributed by atoms with Crippen LogP contribution in [0.25, 0.3) is 0 Å². The largest absolute Gasteiger partial charge is 0.354 e. The Labute approximate surface area is 207 Å². The number of benzene rings is 2. The summed E-state index contributed by atoms with van der Waals surface area (Å²) in [5.74, 6) is -0.977. The van der Waals surface area contributed by atoms with Crippen LogP contribution in [0.15, 0.2) is 59.5 Å². The van der Waals surface area contributed by atoms with Gasteiger partial charge >= 0.3 is 0 Å². The van der Waals surface area contributed by atoms with E-state index in [0.717, 1.165) is 9.87 Å². The number of sulfonamides is 1. The number of hydrogen-bond acceptors (Lipinski definition) is 5. The molecule has 9 heteroatoms. The van der Waals surface area contributed by atoms with Crippen molar-refractivity contribution in [2.24, 2.45) is 5.92 Å². The third kappa shape index (κ3) is 6.08. The predicted octanol–water partition coefficient (Wildman–Crippen LogP) is 2.84. The van der Waals surface area contributed by atoms with Gasteiger partial charge in [-0.05, 0) is 36.5 Å². The minimum absolute atomic E-state index is 0.0436. The lowest BCUT2D eigenvalue weighted by molar-refractivity contribution is -0.140. The van der Waals surface area contributed by atoms with Crippen LogP contribution in [0.3, 0.4) is 0 Å². The summed E-state index contributed by atoms with van der Waals surface area (Å²) in [6, 6.07) is 15.0. The average Bonchev–Trinajstić information content (AvgIpc) is 3.04. The summed E-state index contributed by atoms with van der Waals surface area (Å²) in [6.45, 7) is 6.34. The number of carbonyl (C=O) groups is 3. The maximum absolute atomic E-state index is 13.4. The Hall–Kier alpha value is -3.20. The normalized spacial score (nSPS) is 15.1. The Balaban J connectivity index is 1.76. The molecule has 0 aromatic heterocycles. The van der Waals surface area contributed by atoms with E-state index in [9.17, 15) is 22.8 Å². The number of carbonyl (C=O) groups excluding carboxylic acids is 3. The zero-order chi connectivity index (χ0) is 25.6. The van der Waals surface area contributed by atoms with Gasteiger partial charge in [-0.15, -0.1) is 0 Å². The fourth-order valence-electron chi connectivity index (χ4n) is 4.11. The molecule has 35 heavy (non-hydrogen) atoms. The minimum atomic E-state index is -4.00. The molecule has 2 aromatic carbocycles. The molecule has 0 spiro atoms. The second-order valence-electron chi connectivity index (χ2n) is 9.01. The molecule has 1 aliphatic rings. The maximum atomic E-state index is 13.4. The Bertz CT molecular complexity index is 1160. The molecular weight excluding hydrogens is 466 g/mol. The summed E-state index contributed by atoms with van der Waals surface area (Å²) >= 11 is 0. The van der Waals surface area contributed by atoms with Crippen molar-refractivity contribution in [3.05, 3.63) is 65.7 Å². The van der Waals surface area contributed by atoms with E-state index in [4.69, 9.17) is 0 Å². The van der Waals surface area contributed by atoms with Gasteiger partial charge in [-0.25, -0.2) is 12.7 Å². The summed E-state index contributed by atoms with van der Waals surface area (Å²) in [4.78, 5) is 40.5. The van der Waals surface area contributed by atoms with Crippen molar-refractivity contribution in [3.63, 3.8) is 0 Å². The first-order valence-electron chi connectivity index (χ1n) is 11.9. The average molecular weight is 500 g/mol. The minimum Gasteiger partial charge on any atom is -0.354 e. The molecule has 2 aromatic rings. The number of nitrogens with zero attached hydrogens (tertiary/aromatic N) is 2. The van der Waals surface area contributed by atoms with Crippen LogP contribution in [0.5, 0.6) is 0 Å². The van der Waals surface area contributed by atoms with Gasteiger partial charge in [0.25, 0.3) is 15.9 Å². The molecule has 0 aliphatic carbocycles. The molecule has 3 rings (SSSR count). The van der Waals surface area contributed by atoms with Crippen molar-refractivity contribution in [3.8, 4) is 0 Å². The van der Waals surface area contributed by atoms with Crippen molar-refractivity contribution in [1.82, 2.24) is 14.5 Å². The zero-order valence-corrected chi connectivity index (χ0v) is 21.3. The maximum Gasteiger partial charge on any atom is 0.269 e. The molecule has 8 nitrogen and oxygen atoms in total. The van der Waals surface area contributed by atoms with E-state index in [0.29, 0.717) is 25.9 Å². The van der Waals surface area contributed by atoms with Gasteiger partial charge in [0.05, 0.1) is 5.56 Å². The number of nitrogens with one attached hydrogen (secondary N) is 1. The highest BCUT2D eigenvalue weighted by atomic mass is 32.2. The fourth-order valence-corrected chi connectivity index (χ4v) is 5.68. The fraction of sp³-hybridized carbons (Fsp3) is 0.423. The molecule has 1 heterocycles. The van der Waals surface area contributed by atoms with Crippen molar-refractivity contribution in [2.45, 2.75) is 51.0 Å². The van der Waals surface area contributed by atoms with Gasteiger partial charge in [0.2, 0.25) is 11.8 Å². The molecule has 0 saturated carbocycles. The standard InChI is InChI=1S/C26H33N3O5S/c1-4-22(25(31)27-18-19(2)3)28(16-14-20-10-6-5-7-11-20)24(30)15-17-29-26(32)21-12-8-9-13-23(21)35(29,33)34/h5-13,19,22H,4,14-18H2,1-3H3,(H,27,31)/t22-/m0/s1. The number of amides is 3. The Kier molecular flexibility index (Phi) is 8.67. The van der Waals surface area contributed by atoms with Crippen LogP contribution in [0, 0.1) is 5.92 Å². The quantitative estimate of drug-likeness (QED) is 0.512. The Morgan fingerprint density at radius 3 is 2.31 bits per heavy atom. The highest BCUT2D eigenvalue weighted by molar-refractivity contribution is 7.90. The molecular formula is C26H33N3O5S. The van der Waals surface area contributed by atoms with Crippen LogP contribution < -0.4 is 5.32 Å². The molecule has 188 valence electrons. The highest BCUT2D eigenvalue weighted by Crippen LogP contribution is 2.30. The van der Waals surface area contributed by atoms with Crippen LogP contribution in [0.4, 0.5) is 0 Å². The van der Waals surface area contributed by atoms with Crippen LogP contribution in [-0.2, 0) is 26.0 Å². The summed E-state index contributed by atoms with van der Waals surface area (Å²) < 4.78 is 26.5. The summed E-state index contributed by atoms with van der Waals surface area (Å²) in [5.41, 5.74) is 1.14. The molecule has 0 radical (unpaired) electrons. The van der Waals surface area contributed by atoms with Gasteiger partial charge in [-0.3, -0.25) is 14.4 Å². The lowest BCUT2D eigenvalue weighted by atomic mass is 10.1. The summed E-state index contributed by atoms with van der Waals surface area (Å²) in [7, 11) is -4.00. The topological polar surface area (TPSA) is 104 Å².